The van der Waals surface area contributed by atoms with Crippen LogP contribution in [-0.4, -0.2) is 38.9 Å². The van der Waals surface area contributed by atoms with Gasteiger partial charge in [-0.25, -0.2) is 13.2 Å². The van der Waals surface area contributed by atoms with Gasteiger partial charge in [0.1, 0.15) is 5.75 Å². The molecule has 2 N–H and O–H groups in total. The van der Waals surface area contributed by atoms with E-state index in [0.717, 1.165) is 6.07 Å². The first-order chi connectivity index (χ1) is 11.6. The number of para-hydroxylation sites is 1. The van der Waals surface area contributed by atoms with Gasteiger partial charge < -0.3 is 15.4 Å². The lowest BCUT2D eigenvalue weighted by atomic mass is 10.1. The van der Waals surface area contributed by atoms with E-state index in [1.165, 1.54) is 18.2 Å². The van der Waals surface area contributed by atoms with Crippen LogP contribution in [0.4, 0.5) is 18.0 Å². The van der Waals surface area contributed by atoms with Crippen LogP contribution in [0, 0.1) is 5.92 Å². The van der Waals surface area contributed by atoms with Gasteiger partial charge in [-0.1, -0.05) is 18.2 Å². The summed E-state index contributed by atoms with van der Waals surface area (Å²) in [6.45, 7) is 0.0484. The van der Waals surface area contributed by atoms with Crippen molar-refractivity contribution in [1.29, 1.82) is 0 Å². The molecule has 25 heavy (non-hydrogen) atoms. The van der Waals surface area contributed by atoms with Gasteiger partial charge in [0, 0.05) is 18.7 Å². The smallest absolute Gasteiger partial charge is 0.405 e. The lowest BCUT2D eigenvalue weighted by Crippen LogP contribution is -2.40. The van der Waals surface area contributed by atoms with Crippen LogP contribution in [0.2, 0.25) is 0 Å². The standard InChI is InChI=1S/C15H19F3N2O4S/c16-15(17,18)24-13-6-2-1-5-12(13)9-20-14(21)19-8-11-4-3-7-25(22,23)10-11/h1-2,5-6,11H,3-4,7-10H2,(H2,19,20,21). The third-order valence-corrected chi connectivity index (χ3v) is 5.64. The highest BCUT2D eigenvalue weighted by Gasteiger charge is 2.32. The number of carbonyl (C=O) groups excluding carboxylic acids is 1. The van der Waals surface area contributed by atoms with Gasteiger partial charge in [-0.05, 0) is 24.8 Å². The van der Waals surface area contributed by atoms with Crippen LogP contribution in [0.15, 0.2) is 24.3 Å². The minimum atomic E-state index is -4.81. The first-order valence-electron chi connectivity index (χ1n) is 7.70. The molecule has 1 aromatic rings. The molecule has 1 unspecified atom stereocenters. The van der Waals surface area contributed by atoms with Gasteiger partial charge in [-0.2, -0.15) is 0 Å². The second-order valence-electron chi connectivity index (χ2n) is 5.84. The number of rotatable bonds is 5. The summed E-state index contributed by atoms with van der Waals surface area (Å²) >= 11 is 0. The highest BCUT2D eigenvalue weighted by molar-refractivity contribution is 7.91. The Morgan fingerprint density at radius 3 is 2.64 bits per heavy atom. The van der Waals surface area contributed by atoms with E-state index < -0.39 is 22.2 Å². The van der Waals surface area contributed by atoms with E-state index in [2.05, 4.69) is 15.4 Å². The molecule has 0 bridgehead atoms. The number of hydrogen-bond donors (Lipinski definition) is 2. The Balaban J connectivity index is 1.82. The molecule has 0 saturated carbocycles. The fourth-order valence-corrected chi connectivity index (χ4v) is 4.40. The molecule has 1 atom stereocenters. The van der Waals surface area contributed by atoms with Gasteiger partial charge in [0.15, 0.2) is 9.84 Å². The predicted molar refractivity (Wildman–Crippen MR) is 84.7 cm³/mol. The normalized spacial score (nSPS) is 19.9. The third-order valence-electron chi connectivity index (χ3n) is 3.75. The van der Waals surface area contributed by atoms with Crippen LogP contribution in [0.25, 0.3) is 0 Å². The Morgan fingerprint density at radius 1 is 1.24 bits per heavy atom. The largest absolute Gasteiger partial charge is 0.573 e. The summed E-state index contributed by atoms with van der Waals surface area (Å²) in [5.74, 6) is -0.319. The highest BCUT2D eigenvalue weighted by atomic mass is 32.2. The molecule has 10 heteroatoms. The maximum Gasteiger partial charge on any atom is 0.573 e. The van der Waals surface area contributed by atoms with Crippen LogP contribution in [-0.2, 0) is 16.4 Å². The summed E-state index contributed by atoms with van der Waals surface area (Å²) in [6.07, 6.45) is -3.54. The molecular formula is C15H19F3N2O4S. The van der Waals surface area contributed by atoms with Crippen molar-refractivity contribution in [3.05, 3.63) is 29.8 Å². The van der Waals surface area contributed by atoms with Crippen LogP contribution < -0.4 is 15.4 Å². The number of hydrogen-bond acceptors (Lipinski definition) is 4. The van der Waals surface area contributed by atoms with Gasteiger partial charge >= 0.3 is 12.4 Å². The quantitative estimate of drug-likeness (QED) is 0.820. The molecule has 1 heterocycles. The summed E-state index contributed by atoms with van der Waals surface area (Å²) in [5, 5.41) is 4.99. The zero-order valence-corrected chi connectivity index (χ0v) is 14.1. The van der Waals surface area contributed by atoms with E-state index >= 15 is 0 Å². The Labute approximate surface area is 143 Å². The van der Waals surface area contributed by atoms with Gasteiger partial charge in [-0.3, -0.25) is 0 Å². The van der Waals surface area contributed by atoms with Crippen molar-refractivity contribution in [1.82, 2.24) is 10.6 Å². The minimum Gasteiger partial charge on any atom is -0.405 e. The molecule has 0 spiro atoms. The number of ether oxygens (including phenoxy) is 1. The number of amides is 2. The SMILES string of the molecule is O=C(NCc1ccccc1OC(F)(F)F)NCC1CCCS(=O)(=O)C1. The summed E-state index contributed by atoms with van der Waals surface area (Å²) in [6, 6.07) is 4.92. The summed E-state index contributed by atoms with van der Waals surface area (Å²) in [4.78, 5) is 11.8. The molecule has 140 valence electrons. The molecule has 1 aliphatic heterocycles. The average Bonchev–Trinajstić information content (AvgIpc) is 2.50. The minimum absolute atomic E-state index is 0.0372. The van der Waals surface area contributed by atoms with Gasteiger partial charge in [0.25, 0.3) is 0 Å². The molecule has 1 saturated heterocycles. The number of nitrogens with one attached hydrogen (secondary N) is 2. The van der Waals surface area contributed by atoms with Crippen molar-refractivity contribution >= 4 is 15.9 Å². The van der Waals surface area contributed by atoms with E-state index in [0.29, 0.717) is 12.8 Å². The molecule has 1 aliphatic rings. The lowest BCUT2D eigenvalue weighted by Gasteiger charge is -2.22. The molecule has 0 aromatic heterocycles. The first kappa shape index (κ1) is 19.4. The van der Waals surface area contributed by atoms with Gasteiger partial charge in [0.2, 0.25) is 0 Å². The number of alkyl halides is 3. The van der Waals surface area contributed by atoms with Gasteiger partial charge in [-0.15, -0.1) is 13.2 Å². The maximum atomic E-state index is 12.3. The summed E-state index contributed by atoms with van der Waals surface area (Å²) < 4.78 is 64.0. The molecule has 0 radical (unpaired) electrons. The Kier molecular flexibility index (Phi) is 6.15. The monoisotopic (exact) mass is 380 g/mol. The van der Waals surface area contributed by atoms with Crippen molar-refractivity contribution in [3.63, 3.8) is 0 Å². The average molecular weight is 380 g/mol. The Hall–Kier alpha value is -1.97. The number of halogens is 3. The Bertz CT molecular complexity index is 707. The third kappa shape index (κ3) is 6.81. The van der Waals surface area contributed by atoms with E-state index in [4.69, 9.17) is 0 Å². The highest BCUT2D eigenvalue weighted by Crippen LogP contribution is 2.26. The molecule has 1 aromatic carbocycles. The van der Waals surface area contributed by atoms with E-state index in [1.54, 1.807) is 0 Å². The van der Waals surface area contributed by atoms with Crippen LogP contribution in [0.1, 0.15) is 18.4 Å². The number of sulfone groups is 1. The van der Waals surface area contributed by atoms with Gasteiger partial charge in [0.05, 0.1) is 11.5 Å². The van der Waals surface area contributed by atoms with E-state index in [9.17, 15) is 26.4 Å². The molecule has 2 rings (SSSR count). The Morgan fingerprint density at radius 2 is 1.96 bits per heavy atom. The number of carbonyl (C=O) groups is 1. The predicted octanol–water partition coefficient (Wildman–Crippen LogP) is 2.21. The summed E-state index contributed by atoms with van der Waals surface area (Å²) in [5.41, 5.74) is 0.176. The van der Waals surface area contributed by atoms with Crippen molar-refractivity contribution in [2.24, 2.45) is 5.92 Å². The summed E-state index contributed by atoms with van der Waals surface area (Å²) in [7, 11) is -3.05. The van der Waals surface area contributed by atoms with Crippen molar-refractivity contribution < 1.29 is 31.1 Å². The number of benzene rings is 1. The van der Waals surface area contributed by atoms with Crippen molar-refractivity contribution in [2.75, 3.05) is 18.1 Å². The second-order valence-corrected chi connectivity index (χ2v) is 8.07. The van der Waals surface area contributed by atoms with Crippen LogP contribution in [0.3, 0.4) is 0 Å². The topological polar surface area (TPSA) is 84.5 Å². The molecule has 1 fully saturated rings. The molecule has 2 amide bonds. The number of urea groups is 1. The van der Waals surface area contributed by atoms with E-state index in [-0.39, 0.29) is 41.8 Å². The molecule has 6 nitrogen and oxygen atoms in total. The fourth-order valence-electron chi connectivity index (χ4n) is 2.63. The van der Waals surface area contributed by atoms with Crippen LogP contribution in [0.5, 0.6) is 5.75 Å². The maximum absolute atomic E-state index is 12.3. The van der Waals surface area contributed by atoms with E-state index in [1.807, 2.05) is 0 Å². The zero-order valence-electron chi connectivity index (χ0n) is 13.3. The second kappa shape index (κ2) is 7.94. The zero-order chi connectivity index (χ0) is 18.5. The first-order valence-corrected chi connectivity index (χ1v) is 9.52. The van der Waals surface area contributed by atoms with Crippen LogP contribution >= 0.6 is 0 Å². The van der Waals surface area contributed by atoms with Crippen molar-refractivity contribution in [2.45, 2.75) is 25.7 Å². The van der Waals surface area contributed by atoms with Crippen molar-refractivity contribution in [3.8, 4) is 5.75 Å². The lowest BCUT2D eigenvalue weighted by molar-refractivity contribution is -0.274. The molecular weight excluding hydrogens is 361 g/mol. The fraction of sp³-hybridized carbons (Fsp3) is 0.533. The molecule has 0 aliphatic carbocycles.